The molecule has 0 spiro atoms. The van der Waals surface area contributed by atoms with Gasteiger partial charge >= 0.3 is 29.8 Å². The smallest absolute Gasteiger partial charge is 0.308 e. The van der Waals surface area contributed by atoms with Gasteiger partial charge in [0.2, 0.25) is 0 Å². The molecule has 51 heavy (non-hydrogen) atoms. The fourth-order valence-electron chi connectivity index (χ4n) is 8.93. The van der Waals surface area contributed by atoms with E-state index in [0.29, 0.717) is 16.7 Å². The van der Waals surface area contributed by atoms with Gasteiger partial charge < -0.3 is 33.7 Å². The van der Waals surface area contributed by atoms with Crippen molar-refractivity contribution in [3.05, 3.63) is 59.2 Å². The Kier molecular flexibility index (Phi) is 11.6. The molecular weight excluding hydrogens is 658 g/mol. The van der Waals surface area contributed by atoms with E-state index in [9.17, 15) is 29.1 Å². The maximum Gasteiger partial charge on any atom is 0.308 e. The van der Waals surface area contributed by atoms with Crippen LogP contribution in [0.2, 0.25) is 0 Å². The van der Waals surface area contributed by atoms with Gasteiger partial charge in [-0.05, 0) is 70.0 Å². The number of aliphatic hydroxyl groups is 1. The molecule has 3 aliphatic carbocycles. The molecule has 1 N–H and O–H groups in total. The van der Waals surface area contributed by atoms with Crippen molar-refractivity contribution in [2.75, 3.05) is 14.1 Å². The molecule has 280 valence electrons. The van der Waals surface area contributed by atoms with Crippen molar-refractivity contribution in [1.82, 2.24) is 4.90 Å². The Morgan fingerprint density at radius 3 is 1.94 bits per heavy atom. The van der Waals surface area contributed by atoms with E-state index >= 15 is 0 Å². The van der Waals surface area contributed by atoms with Crippen molar-refractivity contribution in [3.8, 4) is 0 Å². The highest BCUT2D eigenvalue weighted by Gasteiger charge is 2.72. The molecule has 0 radical (unpaired) electrons. The Bertz CT molecular complexity index is 1580. The average molecular weight is 712 g/mol. The maximum atomic E-state index is 13.7. The van der Waals surface area contributed by atoms with Crippen LogP contribution in [0.25, 0.3) is 0 Å². The third kappa shape index (κ3) is 7.62. The van der Waals surface area contributed by atoms with Crippen LogP contribution in [0.1, 0.15) is 92.7 Å². The van der Waals surface area contributed by atoms with Gasteiger partial charge in [0.15, 0.2) is 6.10 Å². The third-order valence-corrected chi connectivity index (χ3v) is 11.1. The molecule has 2 fully saturated rings. The first-order valence-corrected chi connectivity index (χ1v) is 17.4. The highest BCUT2D eigenvalue weighted by atomic mass is 16.6. The number of nitrogens with zero attached hydrogens (tertiary/aromatic N) is 1. The van der Waals surface area contributed by atoms with Crippen LogP contribution in [0.5, 0.6) is 0 Å². The summed E-state index contributed by atoms with van der Waals surface area (Å²) in [6, 6.07) is 9.34. The summed E-state index contributed by atoms with van der Waals surface area (Å²) in [6.07, 6.45) is -4.88. The van der Waals surface area contributed by atoms with E-state index in [1.165, 1.54) is 27.7 Å². The topological polar surface area (TPSA) is 155 Å². The molecule has 0 aromatic heterocycles. The first-order chi connectivity index (χ1) is 23.6. The van der Waals surface area contributed by atoms with Crippen molar-refractivity contribution in [2.24, 2.45) is 16.7 Å². The van der Waals surface area contributed by atoms with Gasteiger partial charge in [-0.25, -0.2) is 0 Å². The summed E-state index contributed by atoms with van der Waals surface area (Å²) in [5, 5.41) is 12.3. The van der Waals surface area contributed by atoms with Gasteiger partial charge in [-0.3, -0.25) is 24.0 Å². The molecule has 0 heterocycles. The van der Waals surface area contributed by atoms with Crippen LogP contribution >= 0.6 is 0 Å². The number of esters is 5. The molecular formula is C39H53NO11. The molecule has 9 unspecified atom stereocenters. The van der Waals surface area contributed by atoms with E-state index in [1.807, 2.05) is 56.3 Å². The molecule has 0 saturated heterocycles. The number of carbonyl (C=O) groups excluding carboxylic acids is 5. The molecule has 0 aliphatic heterocycles. The summed E-state index contributed by atoms with van der Waals surface area (Å²) >= 11 is 0. The van der Waals surface area contributed by atoms with Crippen LogP contribution in [-0.4, -0.2) is 90.1 Å². The lowest BCUT2D eigenvalue weighted by Crippen LogP contribution is -2.60. The summed E-state index contributed by atoms with van der Waals surface area (Å²) < 4.78 is 30.4. The second-order valence-corrected chi connectivity index (χ2v) is 15.2. The van der Waals surface area contributed by atoms with E-state index in [1.54, 1.807) is 20.8 Å². The van der Waals surface area contributed by atoms with Gasteiger partial charge in [0.25, 0.3) is 0 Å². The molecule has 1 aromatic rings. The third-order valence-electron chi connectivity index (χ3n) is 11.1. The van der Waals surface area contributed by atoms with E-state index in [2.05, 4.69) is 6.58 Å². The maximum absolute atomic E-state index is 13.7. The predicted molar refractivity (Wildman–Crippen MR) is 186 cm³/mol. The minimum atomic E-state index is -1.72. The first kappa shape index (κ1) is 39.8. The number of hydrogen-bond acceptors (Lipinski definition) is 12. The van der Waals surface area contributed by atoms with E-state index in [-0.39, 0.29) is 31.7 Å². The molecule has 0 bridgehead atoms. The van der Waals surface area contributed by atoms with Crippen molar-refractivity contribution in [3.63, 3.8) is 0 Å². The van der Waals surface area contributed by atoms with Gasteiger partial charge in [0.05, 0.1) is 17.4 Å². The lowest BCUT2D eigenvalue weighted by molar-refractivity contribution is -0.193. The standard InChI is InChI=1S/C39H53NO11/c1-21-29(51-31(45)19-28(40(10)11)27-15-13-12-14-16-27)17-18-38(9)33(21)35(49-25(5)43)39(37(7,8)46)20-30(47-23(3)41)22(2)32(39)34(48-24(4)42)36(38)50-26(6)44/h12-16,28-30,33-36,46H,1,17-20H2,2-11H3. The molecule has 4 rings (SSSR count). The summed E-state index contributed by atoms with van der Waals surface area (Å²) in [7, 11) is 3.77. The van der Waals surface area contributed by atoms with Gasteiger partial charge in [-0.15, -0.1) is 0 Å². The summed E-state index contributed by atoms with van der Waals surface area (Å²) in [5.41, 5.74) is -2.28. The SMILES string of the molecule is C=C1C(OC(=O)CC(c2ccccc2)N(C)C)CCC2(C)C(OC(C)=O)C(OC(C)=O)C3=C(C)C(OC(C)=O)CC3(C(C)(C)O)C(OC(C)=O)C12. The first-order valence-electron chi connectivity index (χ1n) is 17.4. The van der Waals surface area contributed by atoms with Crippen molar-refractivity contribution >= 4 is 29.8 Å². The van der Waals surface area contributed by atoms with Crippen molar-refractivity contribution < 1.29 is 52.8 Å². The average Bonchev–Trinajstić information content (AvgIpc) is 3.27. The number of ether oxygens (including phenoxy) is 5. The minimum absolute atomic E-state index is 0.0461. The number of fused-ring (bicyclic) bond motifs is 2. The quantitative estimate of drug-likeness (QED) is 0.202. The van der Waals surface area contributed by atoms with Crippen molar-refractivity contribution in [2.45, 2.75) is 123 Å². The lowest BCUT2D eigenvalue weighted by atomic mass is 9.55. The van der Waals surface area contributed by atoms with Crippen LogP contribution in [0.15, 0.2) is 53.6 Å². The van der Waals surface area contributed by atoms with Crippen molar-refractivity contribution in [1.29, 1.82) is 0 Å². The zero-order valence-corrected chi connectivity index (χ0v) is 31.4. The molecule has 0 amide bonds. The highest BCUT2D eigenvalue weighted by molar-refractivity contribution is 5.72. The highest BCUT2D eigenvalue weighted by Crippen LogP contribution is 2.66. The minimum Gasteiger partial charge on any atom is -0.461 e. The lowest BCUT2D eigenvalue weighted by Gasteiger charge is -2.54. The molecule has 12 heteroatoms. The number of carbonyl (C=O) groups is 5. The van der Waals surface area contributed by atoms with Crippen LogP contribution in [0, 0.1) is 16.7 Å². The second kappa shape index (κ2) is 14.9. The van der Waals surface area contributed by atoms with Gasteiger partial charge in [0, 0.05) is 51.5 Å². The largest absolute Gasteiger partial charge is 0.461 e. The molecule has 3 aliphatic rings. The fraction of sp³-hybridized carbons (Fsp3) is 0.615. The number of benzene rings is 1. The summed E-state index contributed by atoms with van der Waals surface area (Å²) in [4.78, 5) is 66.9. The Hall–Kier alpha value is -4.03. The van der Waals surface area contributed by atoms with Gasteiger partial charge in [-0.1, -0.05) is 43.8 Å². The summed E-state index contributed by atoms with van der Waals surface area (Å²) in [6.45, 7) is 16.1. The normalized spacial score (nSPS) is 31.1. The van der Waals surface area contributed by atoms with Gasteiger partial charge in [-0.2, -0.15) is 0 Å². The fourth-order valence-corrected chi connectivity index (χ4v) is 8.93. The molecule has 1 aromatic carbocycles. The monoisotopic (exact) mass is 711 g/mol. The Labute approximate surface area is 300 Å². The zero-order chi connectivity index (χ0) is 38.2. The summed E-state index contributed by atoms with van der Waals surface area (Å²) in [5.74, 6) is -3.97. The predicted octanol–water partition coefficient (Wildman–Crippen LogP) is 4.78. The van der Waals surface area contributed by atoms with Crippen LogP contribution in [0.4, 0.5) is 0 Å². The molecule has 2 saturated carbocycles. The van der Waals surface area contributed by atoms with Crippen LogP contribution in [-0.2, 0) is 47.7 Å². The number of hydrogen-bond donors (Lipinski definition) is 1. The molecule has 12 nitrogen and oxygen atoms in total. The van der Waals surface area contributed by atoms with Gasteiger partial charge in [0.1, 0.15) is 24.4 Å². The van der Waals surface area contributed by atoms with E-state index in [0.717, 1.165) is 5.56 Å². The molecule has 9 atom stereocenters. The Balaban J connectivity index is 1.93. The van der Waals surface area contributed by atoms with E-state index in [4.69, 9.17) is 23.7 Å². The second-order valence-electron chi connectivity index (χ2n) is 15.2. The Morgan fingerprint density at radius 2 is 1.43 bits per heavy atom. The Morgan fingerprint density at radius 1 is 0.882 bits per heavy atom. The van der Waals surface area contributed by atoms with Crippen LogP contribution < -0.4 is 0 Å². The van der Waals surface area contributed by atoms with Crippen LogP contribution in [0.3, 0.4) is 0 Å². The van der Waals surface area contributed by atoms with E-state index < -0.39 is 82.7 Å². The zero-order valence-electron chi connectivity index (χ0n) is 31.4. The number of rotatable bonds is 10.